The zero-order valence-corrected chi connectivity index (χ0v) is 10.1. The Morgan fingerprint density at radius 2 is 2.40 bits per heavy atom. The summed E-state index contributed by atoms with van der Waals surface area (Å²) in [6.45, 7) is 6.13. The quantitative estimate of drug-likeness (QED) is 0.620. The fourth-order valence-electron chi connectivity index (χ4n) is 1.01. The molecule has 0 saturated heterocycles. The molecule has 1 unspecified atom stereocenters. The van der Waals surface area contributed by atoms with Gasteiger partial charge in [-0.15, -0.1) is 11.3 Å². The van der Waals surface area contributed by atoms with Gasteiger partial charge in [0.1, 0.15) is 0 Å². The van der Waals surface area contributed by atoms with E-state index >= 15 is 0 Å². The van der Waals surface area contributed by atoms with E-state index in [0.717, 1.165) is 12.1 Å². The highest BCUT2D eigenvalue weighted by Gasteiger charge is 2.06. The minimum absolute atomic E-state index is 0.132. The lowest BCUT2D eigenvalue weighted by Crippen LogP contribution is -2.19. The maximum atomic E-state index is 11.5. The Balaban J connectivity index is 2.53. The highest BCUT2D eigenvalue weighted by atomic mass is 32.1. The van der Waals surface area contributed by atoms with Crippen LogP contribution in [0.3, 0.4) is 0 Å². The third-order valence-electron chi connectivity index (χ3n) is 2.40. The molecule has 82 valence electrons. The largest absolute Gasteiger partial charge is 0.281 e. The number of hydrogen-bond acceptors (Lipinski definition) is 3. The second kappa shape index (κ2) is 5.66. The minimum Gasteiger partial charge on any atom is -0.266 e. The Kier molecular flexibility index (Phi) is 4.49. The highest BCUT2D eigenvalue weighted by Crippen LogP contribution is 2.08. The SMILES string of the molecule is CCC(C)C(C)=NNC(=O)c1cccs1. The molecule has 1 aromatic heterocycles. The molecule has 0 bridgehead atoms. The summed E-state index contributed by atoms with van der Waals surface area (Å²) in [7, 11) is 0. The molecule has 3 nitrogen and oxygen atoms in total. The van der Waals surface area contributed by atoms with E-state index in [0.29, 0.717) is 10.8 Å². The lowest BCUT2D eigenvalue weighted by molar-refractivity contribution is 0.0958. The second-order valence-electron chi connectivity index (χ2n) is 3.48. The molecule has 0 aliphatic heterocycles. The summed E-state index contributed by atoms with van der Waals surface area (Å²) in [5.74, 6) is 0.279. The van der Waals surface area contributed by atoms with E-state index in [2.05, 4.69) is 24.4 Å². The van der Waals surface area contributed by atoms with Gasteiger partial charge in [-0.1, -0.05) is 19.9 Å². The topological polar surface area (TPSA) is 41.5 Å². The zero-order chi connectivity index (χ0) is 11.3. The number of hydrazone groups is 1. The predicted octanol–water partition coefficient (Wildman–Crippen LogP) is 2.90. The molecule has 1 aromatic rings. The van der Waals surface area contributed by atoms with Crippen molar-refractivity contribution >= 4 is 23.0 Å². The molecule has 4 heteroatoms. The van der Waals surface area contributed by atoms with Gasteiger partial charge in [-0.3, -0.25) is 4.79 Å². The standard InChI is InChI=1S/C11H16N2OS/c1-4-8(2)9(3)12-13-11(14)10-6-5-7-15-10/h5-8H,4H2,1-3H3,(H,13,14). The fraction of sp³-hybridized carbons (Fsp3) is 0.455. The van der Waals surface area contributed by atoms with Crippen LogP contribution in [0.25, 0.3) is 0 Å². The van der Waals surface area contributed by atoms with Gasteiger partial charge in [0.2, 0.25) is 0 Å². The summed E-state index contributed by atoms with van der Waals surface area (Å²) in [4.78, 5) is 12.2. The van der Waals surface area contributed by atoms with Crippen LogP contribution in [-0.2, 0) is 0 Å². The molecule has 1 atom stereocenters. The van der Waals surface area contributed by atoms with Crippen LogP contribution in [0.1, 0.15) is 36.9 Å². The fourth-order valence-corrected chi connectivity index (χ4v) is 1.62. The van der Waals surface area contributed by atoms with Gasteiger partial charge in [0, 0.05) is 5.71 Å². The number of amides is 1. The minimum atomic E-state index is -0.132. The van der Waals surface area contributed by atoms with E-state index in [4.69, 9.17) is 0 Å². The van der Waals surface area contributed by atoms with Gasteiger partial charge in [-0.25, -0.2) is 5.43 Å². The van der Waals surface area contributed by atoms with Crippen LogP contribution >= 0.6 is 11.3 Å². The summed E-state index contributed by atoms with van der Waals surface area (Å²) >= 11 is 1.42. The summed E-state index contributed by atoms with van der Waals surface area (Å²) in [5, 5.41) is 5.95. The van der Waals surface area contributed by atoms with Crippen LogP contribution in [0.15, 0.2) is 22.6 Å². The van der Waals surface area contributed by atoms with Crippen LogP contribution in [0, 0.1) is 5.92 Å². The molecule has 0 aromatic carbocycles. The second-order valence-corrected chi connectivity index (χ2v) is 4.43. The maximum Gasteiger partial charge on any atom is 0.281 e. The van der Waals surface area contributed by atoms with Crippen molar-refractivity contribution in [3.8, 4) is 0 Å². The van der Waals surface area contributed by atoms with E-state index in [9.17, 15) is 4.79 Å². The van der Waals surface area contributed by atoms with E-state index < -0.39 is 0 Å². The number of carbonyl (C=O) groups excluding carboxylic acids is 1. The summed E-state index contributed by atoms with van der Waals surface area (Å²) in [6.07, 6.45) is 1.03. The molecule has 0 fully saturated rings. The molecule has 1 heterocycles. The van der Waals surface area contributed by atoms with Crippen molar-refractivity contribution in [3.05, 3.63) is 22.4 Å². The zero-order valence-electron chi connectivity index (χ0n) is 9.28. The molecule has 15 heavy (non-hydrogen) atoms. The van der Waals surface area contributed by atoms with E-state index in [-0.39, 0.29) is 5.91 Å². The smallest absolute Gasteiger partial charge is 0.266 e. The van der Waals surface area contributed by atoms with Crippen LogP contribution in [0.5, 0.6) is 0 Å². The van der Waals surface area contributed by atoms with Gasteiger partial charge < -0.3 is 0 Å². The Hall–Kier alpha value is -1.16. The number of carbonyl (C=O) groups is 1. The summed E-state index contributed by atoms with van der Waals surface area (Å²) in [6, 6.07) is 3.64. The van der Waals surface area contributed by atoms with Gasteiger partial charge in [0.05, 0.1) is 4.88 Å². The maximum absolute atomic E-state index is 11.5. The van der Waals surface area contributed by atoms with Crippen molar-refractivity contribution in [2.45, 2.75) is 27.2 Å². The lowest BCUT2D eigenvalue weighted by atomic mass is 10.1. The Labute approximate surface area is 94.2 Å². The van der Waals surface area contributed by atoms with Crippen molar-refractivity contribution in [2.75, 3.05) is 0 Å². The first-order valence-corrected chi connectivity index (χ1v) is 5.91. The van der Waals surface area contributed by atoms with Crippen molar-refractivity contribution in [1.29, 1.82) is 0 Å². The van der Waals surface area contributed by atoms with Crippen molar-refractivity contribution in [3.63, 3.8) is 0 Å². The first kappa shape index (κ1) is 11.9. The van der Waals surface area contributed by atoms with E-state index in [1.54, 1.807) is 6.07 Å². The van der Waals surface area contributed by atoms with Gasteiger partial charge in [-0.05, 0) is 30.7 Å². The molecule has 1 amide bonds. The van der Waals surface area contributed by atoms with E-state index in [1.807, 2.05) is 18.4 Å². The van der Waals surface area contributed by atoms with Crippen molar-refractivity contribution < 1.29 is 4.79 Å². The predicted molar refractivity (Wildman–Crippen MR) is 64.3 cm³/mol. The molecule has 0 saturated carbocycles. The van der Waals surface area contributed by atoms with Crippen molar-refractivity contribution in [1.82, 2.24) is 5.43 Å². The van der Waals surface area contributed by atoms with Crippen LogP contribution in [-0.4, -0.2) is 11.6 Å². The van der Waals surface area contributed by atoms with Crippen molar-refractivity contribution in [2.24, 2.45) is 11.0 Å². The van der Waals surface area contributed by atoms with Crippen LogP contribution < -0.4 is 5.43 Å². The number of nitrogens with one attached hydrogen (secondary N) is 1. The molecule has 1 rings (SSSR count). The summed E-state index contributed by atoms with van der Waals surface area (Å²) < 4.78 is 0. The molecule has 0 radical (unpaired) electrons. The number of thiophene rings is 1. The van der Waals surface area contributed by atoms with Gasteiger partial charge >= 0.3 is 0 Å². The molecule has 0 aliphatic rings. The highest BCUT2D eigenvalue weighted by molar-refractivity contribution is 7.12. The molecule has 0 aliphatic carbocycles. The van der Waals surface area contributed by atoms with Crippen LogP contribution in [0.2, 0.25) is 0 Å². The normalized spacial score (nSPS) is 13.7. The first-order chi connectivity index (χ1) is 7.15. The molecular weight excluding hydrogens is 208 g/mol. The third-order valence-corrected chi connectivity index (χ3v) is 3.27. The monoisotopic (exact) mass is 224 g/mol. The Morgan fingerprint density at radius 3 is 2.93 bits per heavy atom. The average Bonchev–Trinajstić information content (AvgIpc) is 2.77. The Morgan fingerprint density at radius 1 is 1.67 bits per heavy atom. The number of hydrogen-bond donors (Lipinski definition) is 1. The third kappa shape index (κ3) is 3.47. The summed E-state index contributed by atoms with van der Waals surface area (Å²) in [5.41, 5.74) is 3.52. The molecule has 1 N–H and O–H groups in total. The van der Waals surface area contributed by atoms with Gasteiger partial charge in [0.15, 0.2) is 0 Å². The first-order valence-electron chi connectivity index (χ1n) is 5.03. The number of nitrogens with zero attached hydrogens (tertiary/aromatic N) is 1. The average molecular weight is 224 g/mol. The van der Waals surface area contributed by atoms with Crippen LogP contribution in [0.4, 0.5) is 0 Å². The van der Waals surface area contributed by atoms with Gasteiger partial charge in [0.25, 0.3) is 5.91 Å². The molecular formula is C11H16N2OS. The van der Waals surface area contributed by atoms with E-state index in [1.165, 1.54) is 11.3 Å². The van der Waals surface area contributed by atoms with Gasteiger partial charge in [-0.2, -0.15) is 5.10 Å². The molecule has 0 spiro atoms. The Bertz CT molecular complexity index is 343. The lowest BCUT2D eigenvalue weighted by Gasteiger charge is -2.07. The number of rotatable bonds is 4.